The molecule has 1 aromatic heterocycles. The van der Waals surface area contributed by atoms with E-state index in [1.165, 1.54) is 0 Å². The van der Waals surface area contributed by atoms with E-state index in [9.17, 15) is 57.5 Å². The van der Waals surface area contributed by atoms with Crippen molar-refractivity contribution < 1.29 is 107 Å². The van der Waals surface area contributed by atoms with Gasteiger partial charge in [-0.25, -0.2) is 92.6 Å². The van der Waals surface area contributed by atoms with Crippen LogP contribution in [0.15, 0.2) is 66.9 Å². The van der Waals surface area contributed by atoms with Gasteiger partial charge in [-0.2, -0.15) is 4.57 Å². The molecule has 25 heteroatoms. The molecule has 7 rings (SSSR count). The molecule has 0 saturated heterocycles. The summed E-state index contributed by atoms with van der Waals surface area (Å²) in [5, 5.41) is 10.8. The maximum atomic E-state index is 15.4. The van der Waals surface area contributed by atoms with Gasteiger partial charge in [0.05, 0.1) is 5.39 Å². The second-order valence-electron chi connectivity index (χ2n) is 13.8. The normalized spacial score (nSPS) is 11.5. The minimum atomic E-state index is -7.22. The number of aromatic nitrogens is 1. The molecule has 1 heterocycles. The van der Waals surface area contributed by atoms with Gasteiger partial charge in [0.15, 0.2) is 89.2 Å². The highest BCUT2D eigenvalue weighted by Crippen LogP contribution is 2.31. The Morgan fingerprint density at radius 2 is 0.716 bits per heavy atom. The quantitative estimate of drug-likeness (QED) is 0.0520. The SMILES string of the molecule is Fc1c(F)c(F)c([B-](c2c(F)c(F)c(F)c(F)c2F)(c2c(F)c(F)c(F)c(F)c2F)c2c(F)c(F)c(F)c(F)c2F)c(F)c1F.O=C(O)COc1c2ccccc2cc[n+]1Cc1ccccc1. The Labute approximate surface area is 359 Å². The summed E-state index contributed by atoms with van der Waals surface area (Å²) in [5.41, 5.74) is -13.2. The van der Waals surface area contributed by atoms with E-state index in [1.807, 2.05) is 71.4 Å². The minimum Gasteiger partial charge on any atom is -0.479 e. The molecular formula is C42H16BF20NO3. The second-order valence-corrected chi connectivity index (χ2v) is 13.8. The van der Waals surface area contributed by atoms with E-state index in [2.05, 4.69) is 0 Å². The lowest BCUT2D eigenvalue weighted by molar-refractivity contribution is -0.692. The highest BCUT2D eigenvalue weighted by molar-refractivity contribution is 7.20. The van der Waals surface area contributed by atoms with Crippen molar-refractivity contribution in [2.45, 2.75) is 6.54 Å². The first-order valence-electron chi connectivity index (χ1n) is 18.0. The van der Waals surface area contributed by atoms with Crippen molar-refractivity contribution in [3.63, 3.8) is 0 Å². The topological polar surface area (TPSA) is 50.4 Å². The zero-order valence-electron chi connectivity index (χ0n) is 32.1. The summed E-state index contributed by atoms with van der Waals surface area (Å²) in [6, 6.07) is 19.8. The summed E-state index contributed by atoms with van der Waals surface area (Å²) in [6.45, 7) is 0.267. The lowest BCUT2D eigenvalue weighted by atomic mass is 9.12. The molecule has 0 bridgehead atoms. The van der Waals surface area contributed by atoms with Crippen molar-refractivity contribution >= 4 is 44.7 Å². The number of rotatable bonds is 9. The molecule has 0 amide bonds. The largest absolute Gasteiger partial charge is 0.479 e. The van der Waals surface area contributed by atoms with Gasteiger partial charge < -0.3 is 9.84 Å². The Kier molecular flexibility index (Phi) is 13.6. The number of carboxylic acids is 1. The predicted octanol–water partition coefficient (Wildman–Crippen LogP) is 8.49. The third-order valence-electron chi connectivity index (χ3n) is 10.1. The lowest BCUT2D eigenvalue weighted by Crippen LogP contribution is -2.81. The Morgan fingerprint density at radius 1 is 0.418 bits per heavy atom. The Hall–Kier alpha value is -7.34. The molecule has 0 atom stereocenters. The number of ether oxygens (including phenoxy) is 1. The maximum Gasteiger partial charge on any atom is 0.376 e. The first kappa shape index (κ1) is 49.1. The van der Waals surface area contributed by atoms with Gasteiger partial charge in [0.25, 0.3) is 0 Å². The number of pyridine rings is 1. The number of nitrogens with zero attached hydrogens (tertiary/aromatic N) is 1. The molecule has 4 nitrogen and oxygen atoms in total. The van der Waals surface area contributed by atoms with Crippen LogP contribution in [0.5, 0.6) is 5.88 Å². The van der Waals surface area contributed by atoms with Crippen LogP contribution in [0.1, 0.15) is 5.56 Å². The van der Waals surface area contributed by atoms with Crippen LogP contribution >= 0.6 is 0 Å². The zero-order chi connectivity index (χ0) is 49.7. The highest BCUT2D eigenvalue weighted by Gasteiger charge is 2.52. The zero-order valence-corrected chi connectivity index (χ0v) is 32.1. The van der Waals surface area contributed by atoms with Gasteiger partial charge in [0.1, 0.15) is 52.7 Å². The first-order valence-corrected chi connectivity index (χ1v) is 18.0. The molecule has 0 aliphatic carbocycles. The van der Waals surface area contributed by atoms with Gasteiger partial charge in [0, 0.05) is 11.6 Å². The van der Waals surface area contributed by atoms with Crippen LogP contribution in [-0.2, 0) is 11.3 Å². The Balaban J connectivity index is 0.000000279. The molecule has 0 aliphatic rings. The summed E-state index contributed by atoms with van der Waals surface area (Å²) in [7, 11) is 0. The standard InChI is InChI=1S/C24BF20.C18H15NO3/c26-5-1(6(27)14(35)21(42)13(5)34)25(2-7(28)15(36)22(43)16(37)8(2)29,3-9(30)17(38)23(44)18(39)10(3)31)4-11(32)19(40)24(45)20(41)12(4)33;20-17(21)13-22-18-16-9-5-4-8-15(16)10-11-19(18)12-14-6-2-1-3-7-14/h;1-11H,12-13H2/q-1;/p+1. The van der Waals surface area contributed by atoms with E-state index in [1.54, 1.807) is 0 Å². The van der Waals surface area contributed by atoms with Crippen LogP contribution in [-0.4, -0.2) is 23.8 Å². The Morgan fingerprint density at radius 3 is 1.04 bits per heavy atom. The molecule has 0 unspecified atom stereocenters. The predicted molar refractivity (Wildman–Crippen MR) is 192 cm³/mol. The monoisotopic (exact) mass is 973 g/mol. The highest BCUT2D eigenvalue weighted by atomic mass is 19.2. The Bertz CT molecular complexity index is 2770. The number of hydrogen-bond donors (Lipinski definition) is 1. The molecule has 7 aromatic rings. The molecule has 0 saturated carbocycles. The van der Waals surface area contributed by atoms with E-state index < -0.39 is 150 Å². The smallest absolute Gasteiger partial charge is 0.376 e. The summed E-state index contributed by atoms with van der Waals surface area (Å²) >= 11 is 0. The van der Waals surface area contributed by atoms with E-state index >= 15 is 35.1 Å². The van der Waals surface area contributed by atoms with Crippen LogP contribution in [0, 0.1) is 116 Å². The summed E-state index contributed by atoms with van der Waals surface area (Å²) in [5.74, 6) is -71.8. The molecule has 67 heavy (non-hydrogen) atoms. The summed E-state index contributed by atoms with van der Waals surface area (Å²) < 4.78 is 301. The molecule has 1 N–H and O–H groups in total. The van der Waals surface area contributed by atoms with E-state index in [0.717, 1.165) is 16.3 Å². The summed E-state index contributed by atoms with van der Waals surface area (Å²) in [4.78, 5) is 10.8. The number of benzene rings is 6. The van der Waals surface area contributed by atoms with E-state index in [0.29, 0.717) is 12.4 Å². The fourth-order valence-corrected chi connectivity index (χ4v) is 7.30. The molecular weight excluding hydrogens is 957 g/mol. The number of carbonyl (C=O) groups is 1. The third-order valence-corrected chi connectivity index (χ3v) is 10.1. The third kappa shape index (κ3) is 7.98. The van der Waals surface area contributed by atoms with Gasteiger partial charge in [-0.15, -0.1) is 21.9 Å². The van der Waals surface area contributed by atoms with Gasteiger partial charge in [-0.05, 0) is 11.5 Å². The summed E-state index contributed by atoms with van der Waals surface area (Å²) in [6.07, 6.45) is -5.29. The van der Waals surface area contributed by atoms with Crippen LogP contribution in [0.25, 0.3) is 10.8 Å². The van der Waals surface area contributed by atoms with E-state index in [4.69, 9.17) is 9.84 Å². The number of hydrogen-bond acceptors (Lipinski definition) is 2. The molecule has 0 aliphatic heterocycles. The molecule has 350 valence electrons. The van der Waals surface area contributed by atoms with Crippen LogP contribution < -0.4 is 31.2 Å². The van der Waals surface area contributed by atoms with Gasteiger partial charge in [0.2, 0.25) is 0 Å². The van der Waals surface area contributed by atoms with Crippen molar-refractivity contribution in [1.29, 1.82) is 0 Å². The van der Waals surface area contributed by atoms with Crippen LogP contribution in [0.4, 0.5) is 87.8 Å². The molecule has 0 radical (unpaired) electrons. The number of aliphatic carboxylic acids is 1. The van der Waals surface area contributed by atoms with Gasteiger partial charge in [-0.3, -0.25) is 0 Å². The average Bonchev–Trinajstić information content (AvgIpc) is 3.31. The number of carboxylic acid groups (broad SMARTS) is 1. The van der Waals surface area contributed by atoms with E-state index in [-0.39, 0.29) is 6.61 Å². The van der Waals surface area contributed by atoms with Crippen LogP contribution in [0.2, 0.25) is 0 Å². The minimum absolute atomic E-state index is 0.358. The first-order chi connectivity index (χ1) is 31.4. The van der Waals surface area contributed by atoms with Crippen molar-refractivity contribution in [1.82, 2.24) is 0 Å². The van der Waals surface area contributed by atoms with Crippen molar-refractivity contribution in [2.24, 2.45) is 0 Å². The van der Waals surface area contributed by atoms with Crippen LogP contribution in [0.3, 0.4) is 0 Å². The fraction of sp³-hybridized carbons (Fsp3) is 0.0476. The van der Waals surface area contributed by atoms with Crippen molar-refractivity contribution in [2.75, 3.05) is 6.61 Å². The maximum absolute atomic E-state index is 15.4. The lowest BCUT2D eigenvalue weighted by Gasteiger charge is -2.44. The van der Waals surface area contributed by atoms with Crippen molar-refractivity contribution in [3.05, 3.63) is 189 Å². The fourth-order valence-electron chi connectivity index (χ4n) is 7.30. The number of fused-ring (bicyclic) bond motifs is 1. The average molecular weight is 973 g/mol. The number of halogens is 20. The van der Waals surface area contributed by atoms with Crippen molar-refractivity contribution in [3.8, 4) is 5.88 Å². The molecule has 0 spiro atoms. The molecule has 0 fully saturated rings. The van der Waals surface area contributed by atoms with Gasteiger partial charge >= 0.3 is 11.8 Å². The second kappa shape index (κ2) is 18.5. The van der Waals surface area contributed by atoms with Gasteiger partial charge in [-0.1, -0.05) is 48.5 Å². The molecule has 6 aromatic carbocycles.